The highest BCUT2D eigenvalue weighted by atomic mass is 19.1. The molecule has 0 bridgehead atoms. The molecular weight excluding hydrogens is 269 g/mol. The molecule has 1 heterocycles. The van der Waals surface area contributed by atoms with Gasteiger partial charge in [-0.05, 0) is 31.2 Å². The van der Waals surface area contributed by atoms with Crippen molar-refractivity contribution in [2.75, 3.05) is 5.73 Å². The predicted molar refractivity (Wildman–Crippen MR) is 79.2 cm³/mol. The highest BCUT2D eigenvalue weighted by Crippen LogP contribution is 2.30. The van der Waals surface area contributed by atoms with Crippen LogP contribution >= 0.6 is 0 Å². The van der Waals surface area contributed by atoms with Crippen LogP contribution in [0.3, 0.4) is 0 Å². The lowest BCUT2D eigenvalue weighted by molar-refractivity contribution is 0.474. The predicted octanol–water partition coefficient (Wildman–Crippen LogP) is 3.69. The molecule has 0 aliphatic carbocycles. The Morgan fingerprint density at radius 2 is 2.05 bits per heavy atom. The average molecular weight is 283 g/mol. The number of hydrogen-bond donors (Lipinski definition) is 1. The number of anilines is 1. The van der Waals surface area contributed by atoms with Gasteiger partial charge in [0, 0.05) is 24.0 Å². The number of nitrogen functional groups attached to an aromatic ring is 1. The van der Waals surface area contributed by atoms with Crippen LogP contribution in [0.25, 0.3) is 5.69 Å². The first-order chi connectivity index (χ1) is 10.1. The van der Waals surface area contributed by atoms with Crippen molar-refractivity contribution in [2.45, 2.75) is 6.92 Å². The maximum atomic E-state index is 13.3. The SMILES string of the molecule is Cc1cn(-c2ccc(N)cc2Oc2cccc(F)c2)cn1. The van der Waals surface area contributed by atoms with Crippen LogP contribution in [0, 0.1) is 12.7 Å². The number of benzene rings is 2. The molecule has 0 spiro atoms. The number of rotatable bonds is 3. The van der Waals surface area contributed by atoms with Crippen molar-refractivity contribution < 1.29 is 9.13 Å². The van der Waals surface area contributed by atoms with Gasteiger partial charge in [-0.3, -0.25) is 0 Å². The second-order valence-electron chi connectivity index (χ2n) is 4.71. The average Bonchev–Trinajstić information content (AvgIpc) is 2.85. The molecular formula is C16H14FN3O. The van der Waals surface area contributed by atoms with Crippen LogP contribution in [0.4, 0.5) is 10.1 Å². The van der Waals surface area contributed by atoms with Gasteiger partial charge in [0.05, 0.1) is 17.7 Å². The summed E-state index contributed by atoms with van der Waals surface area (Å²) in [5, 5.41) is 0. The zero-order chi connectivity index (χ0) is 14.8. The van der Waals surface area contributed by atoms with Crippen LogP contribution in [-0.2, 0) is 0 Å². The Morgan fingerprint density at radius 1 is 1.19 bits per heavy atom. The molecule has 3 aromatic rings. The zero-order valence-electron chi connectivity index (χ0n) is 11.5. The molecule has 0 fully saturated rings. The van der Waals surface area contributed by atoms with E-state index in [9.17, 15) is 4.39 Å². The summed E-state index contributed by atoms with van der Waals surface area (Å²) in [7, 11) is 0. The van der Waals surface area contributed by atoms with Crippen molar-refractivity contribution in [1.29, 1.82) is 0 Å². The van der Waals surface area contributed by atoms with Crippen LogP contribution in [0.5, 0.6) is 11.5 Å². The van der Waals surface area contributed by atoms with Gasteiger partial charge in [-0.15, -0.1) is 0 Å². The van der Waals surface area contributed by atoms with Crippen molar-refractivity contribution in [3.05, 3.63) is 66.5 Å². The summed E-state index contributed by atoms with van der Waals surface area (Å²) in [4.78, 5) is 4.19. The van der Waals surface area contributed by atoms with Crippen LogP contribution < -0.4 is 10.5 Å². The lowest BCUT2D eigenvalue weighted by Crippen LogP contribution is -1.97. The maximum Gasteiger partial charge on any atom is 0.153 e. The highest BCUT2D eigenvalue weighted by Gasteiger charge is 2.09. The number of imidazole rings is 1. The molecule has 4 nitrogen and oxygen atoms in total. The fourth-order valence-electron chi connectivity index (χ4n) is 2.04. The molecule has 0 amide bonds. The third-order valence-electron chi connectivity index (χ3n) is 3.00. The summed E-state index contributed by atoms with van der Waals surface area (Å²) >= 11 is 0. The molecule has 21 heavy (non-hydrogen) atoms. The minimum absolute atomic E-state index is 0.351. The summed E-state index contributed by atoms with van der Waals surface area (Å²) in [5.41, 5.74) is 8.06. The minimum atomic E-state index is -0.351. The third kappa shape index (κ3) is 2.86. The normalized spacial score (nSPS) is 10.6. The van der Waals surface area contributed by atoms with E-state index in [4.69, 9.17) is 10.5 Å². The summed E-state index contributed by atoms with van der Waals surface area (Å²) in [6, 6.07) is 11.3. The van der Waals surface area contributed by atoms with Gasteiger partial charge in [-0.1, -0.05) is 6.07 Å². The van der Waals surface area contributed by atoms with Crippen molar-refractivity contribution in [3.8, 4) is 17.2 Å². The van der Waals surface area contributed by atoms with Gasteiger partial charge in [0.15, 0.2) is 5.75 Å². The maximum absolute atomic E-state index is 13.3. The number of nitrogens with zero attached hydrogens (tertiary/aromatic N) is 2. The molecule has 3 rings (SSSR count). The van der Waals surface area contributed by atoms with Crippen molar-refractivity contribution in [1.82, 2.24) is 9.55 Å². The largest absolute Gasteiger partial charge is 0.455 e. The lowest BCUT2D eigenvalue weighted by Gasteiger charge is -2.12. The number of hydrogen-bond acceptors (Lipinski definition) is 3. The van der Waals surface area contributed by atoms with E-state index >= 15 is 0 Å². The number of halogens is 1. The first-order valence-electron chi connectivity index (χ1n) is 6.46. The number of aryl methyl sites for hydroxylation is 1. The summed E-state index contributed by atoms with van der Waals surface area (Å²) in [6.07, 6.45) is 3.57. The monoisotopic (exact) mass is 283 g/mol. The Morgan fingerprint density at radius 3 is 2.76 bits per heavy atom. The molecule has 0 atom stereocenters. The Labute approximate surface area is 121 Å². The van der Waals surface area contributed by atoms with Crippen LogP contribution in [0.15, 0.2) is 55.0 Å². The first-order valence-corrected chi connectivity index (χ1v) is 6.46. The molecule has 2 aromatic carbocycles. The van der Waals surface area contributed by atoms with E-state index in [1.807, 2.05) is 23.8 Å². The Bertz CT molecular complexity index is 783. The van der Waals surface area contributed by atoms with Gasteiger partial charge in [-0.25, -0.2) is 9.37 Å². The molecule has 1 aromatic heterocycles. The van der Waals surface area contributed by atoms with Crippen molar-refractivity contribution in [2.24, 2.45) is 0 Å². The quantitative estimate of drug-likeness (QED) is 0.746. The summed E-state index contributed by atoms with van der Waals surface area (Å²) in [5.74, 6) is 0.605. The first kappa shape index (κ1) is 13.2. The van der Waals surface area contributed by atoms with Crippen LogP contribution in [0.1, 0.15) is 5.69 Å². The molecule has 106 valence electrons. The third-order valence-corrected chi connectivity index (χ3v) is 3.00. The fraction of sp³-hybridized carbons (Fsp3) is 0.0625. The fourth-order valence-corrected chi connectivity index (χ4v) is 2.04. The zero-order valence-corrected chi connectivity index (χ0v) is 11.5. The minimum Gasteiger partial charge on any atom is -0.455 e. The van der Waals surface area contributed by atoms with Crippen LogP contribution in [0.2, 0.25) is 0 Å². The number of aromatic nitrogens is 2. The number of ether oxygens (including phenoxy) is 1. The molecule has 0 unspecified atom stereocenters. The topological polar surface area (TPSA) is 53.1 Å². The Kier molecular flexibility index (Phi) is 3.31. The van der Waals surface area contributed by atoms with Gasteiger partial charge >= 0.3 is 0 Å². The molecule has 0 aliphatic rings. The number of nitrogens with two attached hydrogens (primary N) is 1. The molecule has 2 N–H and O–H groups in total. The Balaban J connectivity index is 2.02. The summed E-state index contributed by atoms with van der Waals surface area (Å²) in [6.45, 7) is 1.90. The standard InChI is InChI=1S/C16H14FN3O/c1-11-9-20(10-19-11)15-6-5-13(18)8-16(15)21-14-4-2-3-12(17)7-14/h2-10H,18H2,1H3. The second kappa shape index (κ2) is 5.28. The van der Waals surface area contributed by atoms with E-state index in [2.05, 4.69) is 4.98 Å². The lowest BCUT2D eigenvalue weighted by atomic mass is 10.2. The summed E-state index contributed by atoms with van der Waals surface area (Å²) < 4.78 is 20.9. The van der Waals surface area contributed by atoms with E-state index in [0.29, 0.717) is 17.2 Å². The van der Waals surface area contributed by atoms with Gasteiger partial charge < -0.3 is 15.0 Å². The molecule has 0 aliphatic heterocycles. The second-order valence-corrected chi connectivity index (χ2v) is 4.71. The van der Waals surface area contributed by atoms with E-state index in [-0.39, 0.29) is 5.82 Å². The van der Waals surface area contributed by atoms with Crippen molar-refractivity contribution in [3.63, 3.8) is 0 Å². The van der Waals surface area contributed by atoms with Gasteiger partial charge in [0.25, 0.3) is 0 Å². The van der Waals surface area contributed by atoms with E-state index in [0.717, 1.165) is 11.4 Å². The van der Waals surface area contributed by atoms with E-state index in [1.54, 1.807) is 30.6 Å². The van der Waals surface area contributed by atoms with Gasteiger partial charge in [-0.2, -0.15) is 0 Å². The molecule has 5 heteroatoms. The molecule has 0 saturated heterocycles. The molecule has 0 saturated carbocycles. The van der Waals surface area contributed by atoms with E-state index in [1.165, 1.54) is 12.1 Å². The smallest absolute Gasteiger partial charge is 0.153 e. The van der Waals surface area contributed by atoms with Crippen molar-refractivity contribution >= 4 is 5.69 Å². The van der Waals surface area contributed by atoms with Gasteiger partial charge in [0.1, 0.15) is 11.6 Å². The van der Waals surface area contributed by atoms with E-state index < -0.39 is 0 Å². The highest BCUT2D eigenvalue weighted by molar-refractivity contribution is 5.57. The Hall–Kier alpha value is -2.82. The van der Waals surface area contributed by atoms with Crippen LogP contribution in [-0.4, -0.2) is 9.55 Å². The molecule has 0 radical (unpaired) electrons. The van der Waals surface area contributed by atoms with Gasteiger partial charge in [0.2, 0.25) is 0 Å².